The topological polar surface area (TPSA) is 226 Å². The molecule has 3 heterocycles. The summed E-state index contributed by atoms with van der Waals surface area (Å²) in [5.74, 6) is -4.11. The van der Waals surface area contributed by atoms with Gasteiger partial charge in [0.15, 0.2) is 11.6 Å². The van der Waals surface area contributed by atoms with Crippen molar-refractivity contribution in [1.82, 2.24) is 25.6 Å². The maximum atomic E-state index is 14.5. The standard InChI is InChI=1S/C46H50ClN7O6/c47-34-10-8-28(9-11-34)19-31(24-43(57)41(53-44(58)7-3-4-16-48)22-33-27-52-39-13-12-35(55)25-37(33)39)46(60)54-40(20-29-14-17-50-18-15-29)42(56)23-30(45(49)59)21-32-26-51-38-6-2-1-5-36(32)38/h1-2,5-6,8-15,17-18,25-27,30-31,40-41,51-52,55H,3-4,7,16,19-24,48H2,(H2,49,59)(H,53,58)(H,54,60)/t30-,31+,40-,41-/m0/s1. The third kappa shape index (κ3) is 11.7. The van der Waals surface area contributed by atoms with Crippen molar-refractivity contribution in [3.63, 3.8) is 0 Å². The number of unbranched alkanes of at least 4 members (excludes halogenated alkanes) is 1. The zero-order valence-electron chi connectivity index (χ0n) is 33.2. The molecule has 0 aliphatic heterocycles. The number of carbonyl (C=O) groups excluding carboxylic acids is 5. The van der Waals surface area contributed by atoms with Gasteiger partial charge in [-0.1, -0.05) is 41.9 Å². The molecule has 3 amide bonds. The Kier molecular flexibility index (Phi) is 14.8. The molecule has 0 fully saturated rings. The lowest BCUT2D eigenvalue weighted by molar-refractivity contribution is -0.134. The van der Waals surface area contributed by atoms with E-state index in [1.807, 2.05) is 24.3 Å². The smallest absolute Gasteiger partial charge is 0.224 e. The number of amides is 3. The minimum Gasteiger partial charge on any atom is -0.508 e. The molecule has 3 aromatic heterocycles. The van der Waals surface area contributed by atoms with E-state index in [0.717, 1.165) is 33.1 Å². The van der Waals surface area contributed by atoms with E-state index in [1.165, 1.54) is 0 Å². The van der Waals surface area contributed by atoms with E-state index in [0.29, 0.717) is 35.4 Å². The highest BCUT2D eigenvalue weighted by Gasteiger charge is 2.33. The van der Waals surface area contributed by atoms with Crippen LogP contribution >= 0.6 is 11.6 Å². The number of hydrogen-bond acceptors (Lipinski definition) is 8. The third-order valence-electron chi connectivity index (χ3n) is 10.9. The first kappa shape index (κ1) is 43.3. The largest absolute Gasteiger partial charge is 0.508 e. The Morgan fingerprint density at radius 2 is 1.33 bits per heavy atom. The minimum absolute atomic E-state index is 0.0488. The first-order valence-corrected chi connectivity index (χ1v) is 20.5. The lowest BCUT2D eigenvalue weighted by Gasteiger charge is -2.25. The number of aromatic amines is 2. The predicted octanol–water partition coefficient (Wildman–Crippen LogP) is 5.41. The highest BCUT2D eigenvalue weighted by molar-refractivity contribution is 6.30. The number of carbonyl (C=O) groups is 5. The molecule has 6 aromatic rings. The molecule has 60 heavy (non-hydrogen) atoms. The maximum absolute atomic E-state index is 14.5. The number of halogens is 1. The first-order valence-electron chi connectivity index (χ1n) is 20.1. The summed E-state index contributed by atoms with van der Waals surface area (Å²) in [6.45, 7) is 0.425. The van der Waals surface area contributed by atoms with Crippen molar-refractivity contribution in [1.29, 1.82) is 0 Å². The van der Waals surface area contributed by atoms with Crippen molar-refractivity contribution < 1.29 is 29.1 Å². The number of Topliss-reactive ketones (excluding diaryl/α,β-unsaturated/α-hetero) is 2. The summed E-state index contributed by atoms with van der Waals surface area (Å²) in [5.41, 5.74) is 16.2. The second kappa shape index (κ2) is 20.6. The Morgan fingerprint density at radius 1 is 0.700 bits per heavy atom. The van der Waals surface area contributed by atoms with Crippen molar-refractivity contribution in [3.8, 4) is 5.75 Å². The highest BCUT2D eigenvalue weighted by atomic mass is 35.5. The molecule has 4 atom stereocenters. The van der Waals surface area contributed by atoms with Gasteiger partial charge in [-0.25, -0.2) is 0 Å². The summed E-state index contributed by atoms with van der Waals surface area (Å²) in [5, 5.41) is 18.2. The summed E-state index contributed by atoms with van der Waals surface area (Å²) in [4.78, 5) is 79.7. The van der Waals surface area contributed by atoms with Crippen molar-refractivity contribution in [2.24, 2.45) is 23.3 Å². The van der Waals surface area contributed by atoms with Gasteiger partial charge in [-0.3, -0.25) is 29.0 Å². The average molecular weight is 832 g/mol. The fourth-order valence-electron chi connectivity index (χ4n) is 7.56. The Labute approximate surface area is 352 Å². The lowest BCUT2D eigenvalue weighted by atomic mass is 9.87. The van der Waals surface area contributed by atoms with E-state index in [2.05, 4.69) is 25.6 Å². The number of aromatic hydroxyl groups is 1. The van der Waals surface area contributed by atoms with Gasteiger partial charge in [0.25, 0.3) is 0 Å². The number of para-hydroxylation sites is 1. The average Bonchev–Trinajstić information content (AvgIpc) is 3.84. The predicted molar refractivity (Wildman–Crippen MR) is 231 cm³/mol. The summed E-state index contributed by atoms with van der Waals surface area (Å²) >= 11 is 6.19. The van der Waals surface area contributed by atoms with Gasteiger partial charge in [-0.05, 0) is 109 Å². The van der Waals surface area contributed by atoms with Crippen LogP contribution in [0.25, 0.3) is 21.8 Å². The van der Waals surface area contributed by atoms with Crippen molar-refractivity contribution >= 4 is 62.7 Å². The highest BCUT2D eigenvalue weighted by Crippen LogP contribution is 2.26. The minimum atomic E-state index is -1.08. The number of nitrogens with two attached hydrogens (primary N) is 2. The molecule has 13 nitrogen and oxygen atoms in total. The number of nitrogens with one attached hydrogen (secondary N) is 4. The van der Waals surface area contributed by atoms with Crippen LogP contribution in [0.2, 0.25) is 5.02 Å². The second-order valence-corrected chi connectivity index (χ2v) is 15.7. The van der Waals surface area contributed by atoms with Crippen LogP contribution in [-0.2, 0) is 49.7 Å². The maximum Gasteiger partial charge on any atom is 0.224 e. The summed E-state index contributed by atoms with van der Waals surface area (Å²) in [6, 6.07) is 20.8. The normalized spacial score (nSPS) is 13.4. The molecule has 3 aromatic carbocycles. The van der Waals surface area contributed by atoms with Gasteiger partial charge in [0.05, 0.1) is 12.1 Å². The number of phenolic OH excluding ortho intramolecular Hbond substituents is 1. The van der Waals surface area contributed by atoms with Crippen molar-refractivity contribution in [3.05, 3.63) is 131 Å². The number of H-pyrrole nitrogens is 2. The van der Waals surface area contributed by atoms with Crippen LogP contribution in [-0.4, -0.2) is 68.0 Å². The molecule has 0 spiro atoms. The molecular weight excluding hydrogens is 782 g/mol. The van der Waals surface area contributed by atoms with E-state index < -0.39 is 47.3 Å². The SMILES string of the molecule is NCCCCC(=O)N[C@@H](Cc1c[nH]c2ccc(O)cc12)C(=O)C[C@@H](Cc1ccc(Cl)cc1)C(=O)N[C@@H](Cc1ccncc1)C(=O)C[C@H](Cc1c[nH]c2ccccc12)C(N)=O. The molecule has 6 rings (SSSR count). The monoisotopic (exact) mass is 831 g/mol. The third-order valence-corrected chi connectivity index (χ3v) is 11.1. The van der Waals surface area contributed by atoms with Crippen LogP contribution in [0.4, 0.5) is 0 Å². The quantitative estimate of drug-likeness (QED) is 0.0437. The fourth-order valence-corrected chi connectivity index (χ4v) is 7.68. The Hall–Kier alpha value is -6.31. The van der Waals surface area contributed by atoms with Gasteiger partial charge in [0.1, 0.15) is 5.75 Å². The summed E-state index contributed by atoms with van der Waals surface area (Å²) < 4.78 is 0. The van der Waals surface area contributed by atoms with E-state index in [1.54, 1.807) is 79.4 Å². The van der Waals surface area contributed by atoms with Crippen molar-refractivity contribution in [2.75, 3.05) is 6.54 Å². The van der Waals surface area contributed by atoms with Gasteiger partial charge < -0.3 is 37.2 Å². The Bertz CT molecular complexity index is 2430. The number of phenols is 1. The number of nitrogens with zero attached hydrogens (tertiary/aromatic N) is 1. The van der Waals surface area contributed by atoms with Crippen LogP contribution in [0.3, 0.4) is 0 Å². The van der Waals surface area contributed by atoms with E-state index >= 15 is 0 Å². The van der Waals surface area contributed by atoms with Gasteiger partial charge in [0, 0.05) is 89.1 Å². The van der Waals surface area contributed by atoms with Crippen LogP contribution in [0, 0.1) is 11.8 Å². The van der Waals surface area contributed by atoms with Crippen LogP contribution in [0.5, 0.6) is 5.75 Å². The van der Waals surface area contributed by atoms with Crippen molar-refractivity contribution in [2.45, 2.75) is 69.9 Å². The number of ketones is 2. The number of aromatic nitrogens is 3. The molecule has 312 valence electrons. The molecule has 14 heteroatoms. The molecule has 0 unspecified atom stereocenters. The molecular formula is C46H50ClN7O6. The van der Waals surface area contributed by atoms with Gasteiger partial charge in [-0.15, -0.1) is 0 Å². The van der Waals surface area contributed by atoms with E-state index in [-0.39, 0.29) is 56.6 Å². The van der Waals surface area contributed by atoms with Crippen LogP contribution in [0.15, 0.2) is 104 Å². The van der Waals surface area contributed by atoms with Gasteiger partial charge in [-0.2, -0.15) is 0 Å². The molecule has 0 radical (unpaired) electrons. The fraction of sp³-hybridized carbons (Fsp3) is 0.304. The zero-order valence-corrected chi connectivity index (χ0v) is 33.9. The second-order valence-electron chi connectivity index (χ2n) is 15.3. The van der Waals surface area contributed by atoms with Gasteiger partial charge >= 0.3 is 0 Å². The van der Waals surface area contributed by atoms with Gasteiger partial charge in [0.2, 0.25) is 17.7 Å². The number of hydrogen-bond donors (Lipinski definition) is 7. The number of primary amides is 1. The first-order chi connectivity index (χ1) is 29.0. The molecule has 0 saturated heterocycles. The molecule has 0 aliphatic rings. The van der Waals surface area contributed by atoms with E-state index in [9.17, 15) is 29.1 Å². The number of pyridine rings is 1. The number of rotatable bonds is 22. The molecule has 0 saturated carbocycles. The van der Waals surface area contributed by atoms with Crippen LogP contribution in [0.1, 0.15) is 54.4 Å². The number of benzene rings is 3. The van der Waals surface area contributed by atoms with E-state index in [4.69, 9.17) is 23.1 Å². The summed E-state index contributed by atoms with van der Waals surface area (Å²) in [6.07, 6.45) is 8.06. The van der Waals surface area contributed by atoms with Crippen LogP contribution < -0.4 is 22.1 Å². The summed E-state index contributed by atoms with van der Waals surface area (Å²) in [7, 11) is 0. The Balaban J connectivity index is 1.27. The Morgan fingerprint density at radius 3 is 2.03 bits per heavy atom. The molecule has 0 aliphatic carbocycles. The number of fused-ring (bicyclic) bond motifs is 2. The zero-order chi connectivity index (χ0) is 42.6. The molecule has 9 N–H and O–H groups in total. The lowest BCUT2D eigenvalue weighted by Crippen LogP contribution is -2.48. The molecule has 0 bridgehead atoms.